The fourth-order valence-corrected chi connectivity index (χ4v) is 0.846. The molecule has 0 bridgehead atoms. The Balaban J connectivity index is 0.000000146. The molecule has 1 heteroatoms. The number of rotatable bonds is 1. The Bertz CT molecular complexity index is 289. The van der Waals surface area contributed by atoms with E-state index < -0.39 is 0 Å². The molecule has 2 aromatic carbocycles. The van der Waals surface area contributed by atoms with Gasteiger partial charge in [0, 0.05) is 0 Å². The van der Waals surface area contributed by atoms with E-state index in [1.807, 2.05) is 48.5 Å². The molecule has 0 aliphatic carbocycles. The number of ether oxygens (including phenoxy) is 1. The van der Waals surface area contributed by atoms with Crippen LogP contribution >= 0.6 is 0 Å². The summed E-state index contributed by atoms with van der Waals surface area (Å²) in [5.41, 5.74) is 0. The molecule has 2 rings (SSSR count). The molecule has 0 amide bonds. The molecule has 2 radical (unpaired) electrons. The second-order valence-electron chi connectivity index (χ2n) is 2.52. The van der Waals surface area contributed by atoms with Gasteiger partial charge < -0.3 is 4.74 Å². The third kappa shape index (κ3) is 4.31. The van der Waals surface area contributed by atoms with E-state index in [-0.39, 0.29) is 0 Å². The summed E-state index contributed by atoms with van der Waals surface area (Å²) in [6, 6.07) is 22.8. The summed E-state index contributed by atoms with van der Waals surface area (Å²) in [5, 5.41) is 0. The Morgan fingerprint density at radius 2 is 1.64 bits per heavy atom. The zero-order valence-corrected chi connectivity index (χ0v) is 8.10. The van der Waals surface area contributed by atoms with Crippen molar-refractivity contribution < 1.29 is 4.74 Å². The summed E-state index contributed by atoms with van der Waals surface area (Å²) in [7, 11) is 1.64. The van der Waals surface area contributed by atoms with Gasteiger partial charge in [0.1, 0.15) is 5.75 Å². The largest absolute Gasteiger partial charge is 0.497 e. The van der Waals surface area contributed by atoms with Crippen LogP contribution in [0.1, 0.15) is 0 Å². The maximum absolute atomic E-state index is 4.88. The van der Waals surface area contributed by atoms with Gasteiger partial charge in [0.2, 0.25) is 0 Å². The normalized spacial score (nSPS) is 8.36. The molecule has 0 atom stereocenters. The first kappa shape index (κ1) is 10.3. The molecule has 0 saturated heterocycles. The van der Waals surface area contributed by atoms with E-state index in [1.165, 1.54) is 0 Å². The topological polar surface area (TPSA) is 9.23 Å². The van der Waals surface area contributed by atoms with Crippen LogP contribution < -0.4 is 4.74 Å². The van der Waals surface area contributed by atoms with E-state index in [0.717, 1.165) is 5.75 Å². The number of hydrogen-bond donors (Lipinski definition) is 0. The van der Waals surface area contributed by atoms with Crippen molar-refractivity contribution in [3.05, 3.63) is 66.7 Å². The van der Waals surface area contributed by atoms with Crippen LogP contribution in [0.15, 0.2) is 54.6 Å². The van der Waals surface area contributed by atoms with Crippen molar-refractivity contribution in [1.82, 2.24) is 0 Å². The number of hydrogen-bond acceptors (Lipinski definition) is 1. The summed E-state index contributed by atoms with van der Waals surface area (Å²) in [6.45, 7) is 0. The van der Waals surface area contributed by atoms with Gasteiger partial charge in [0.05, 0.1) is 7.11 Å². The van der Waals surface area contributed by atoms with Crippen molar-refractivity contribution in [2.24, 2.45) is 0 Å². The average molecular weight is 184 g/mol. The van der Waals surface area contributed by atoms with Crippen molar-refractivity contribution in [3.63, 3.8) is 0 Å². The quantitative estimate of drug-likeness (QED) is 0.662. The van der Waals surface area contributed by atoms with E-state index >= 15 is 0 Å². The molecule has 0 saturated carbocycles. The molecule has 0 spiro atoms. The van der Waals surface area contributed by atoms with Gasteiger partial charge in [-0.1, -0.05) is 42.5 Å². The van der Waals surface area contributed by atoms with E-state index in [9.17, 15) is 0 Å². The molecule has 1 nitrogen and oxygen atoms in total. The lowest BCUT2D eigenvalue weighted by atomic mass is 10.3. The predicted molar refractivity (Wildman–Crippen MR) is 57.1 cm³/mol. The fraction of sp³-hybridized carbons (Fsp3) is 0.0769. The molecule has 0 aliphatic heterocycles. The van der Waals surface area contributed by atoms with Crippen LogP contribution in [-0.4, -0.2) is 7.11 Å². The lowest BCUT2D eigenvalue weighted by Crippen LogP contribution is -1.78. The van der Waals surface area contributed by atoms with Gasteiger partial charge in [-0.2, -0.15) is 0 Å². The van der Waals surface area contributed by atoms with Crippen LogP contribution in [0.4, 0.5) is 0 Å². The van der Waals surface area contributed by atoms with Gasteiger partial charge in [-0.05, 0) is 24.3 Å². The summed E-state index contributed by atoms with van der Waals surface area (Å²) in [5.74, 6) is 0.854. The summed E-state index contributed by atoms with van der Waals surface area (Å²) in [4.78, 5) is 0. The third-order valence-corrected chi connectivity index (χ3v) is 1.52. The standard InChI is InChI=1S/C7H7O.C6H5/c1-8-7-5-3-2-4-6-7;1-2-4-6-5-3-1/h2-3,5-6H,1H3;1-5H. The van der Waals surface area contributed by atoms with Crippen molar-refractivity contribution >= 4 is 0 Å². The van der Waals surface area contributed by atoms with Crippen LogP contribution in [-0.2, 0) is 0 Å². The molecular weight excluding hydrogens is 172 g/mol. The zero-order valence-electron chi connectivity index (χ0n) is 8.10. The first-order valence-electron chi connectivity index (χ1n) is 4.34. The van der Waals surface area contributed by atoms with Crippen LogP contribution in [0.5, 0.6) is 5.75 Å². The first-order valence-corrected chi connectivity index (χ1v) is 4.34. The zero-order chi connectivity index (χ0) is 10.1. The van der Waals surface area contributed by atoms with Gasteiger partial charge in [0.15, 0.2) is 0 Å². The monoisotopic (exact) mass is 184 g/mol. The Morgan fingerprint density at radius 3 is 1.93 bits per heavy atom. The molecular formula is C13H12O. The van der Waals surface area contributed by atoms with Crippen LogP contribution in [0.2, 0.25) is 0 Å². The first-order chi connectivity index (χ1) is 6.93. The Labute approximate surface area is 85.0 Å². The molecule has 2 aromatic rings. The smallest absolute Gasteiger partial charge is 0.119 e. The SMILES string of the molecule is COc1c[c]ccc1.[c]1ccccc1. The van der Waals surface area contributed by atoms with Gasteiger partial charge in [-0.3, -0.25) is 0 Å². The van der Waals surface area contributed by atoms with Gasteiger partial charge >= 0.3 is 0 Å². The molecule has 0 unspecified atom stereocenters. The van der Waals surface area contributed by atoms with Crippen LogP contribution in [0.25, 0.3) is 0 Å². The second kappa shape index (κ2) is 6.72. The van der Waals surface area contributed by atoms with Gasteiger partial charge in [-0.15, -0.1) is 0 Å². The van der Waals surface area contributed by atoms with Crippen molar-refractivity contribution in [3.8, 4) is 5.75 Å². The predicted octanol–water partition coefficient (Wildman–Crippen LogP) is 2.98. The molecule has 0 aliphatic rings. The summed E-state index contributed by atoms with van der Waals surface area (Å²) >= 11 is 0. The molecule has 0 N–H and O–H groups in total. The molecule has 14 heavy (non-hydrogen) atoms. The lowest BCUT2D eigenvalue weighted by molar-refractivity contribution is 0.414. The van der Waals surface area contributed by atoms with Gasteiger partial charge in [-0.25, -0.2) is 0 Å². The minimum Gasteiger partial charge on any atom is -0.497 e. The highest BCUT2D eigenvalue weighted by Gasteiger charge is 1.80. The van der Waals surface area contributed by atoms with Crippen LogP contribution in [0, 0.1) is 12.1 Å². The van der Waals surface area contributed by atoms with Crippen molar-refractivity contribution in [2.75, 3.05) is 7.11 Å². The fourth-order valence-electron chi connectivity index (χ4n) is 0.846. The molecule has 0 aromatic heterocycles. The van der Waals surface area contributed by atoms with Crippen molar-refractivity contribution in [2.45, 2.75) is 0 Å². The molecule has 0 heterocycles. The van der Waals surface area contributed by atoms with Crippen LogP contribution in [0.3, 0.4) is 0 Å². The minimum atomic E-state index is 0.854. The minimum absolute atomic E-state index is 0.854. The molecule has 0 fully saturated rings. The van der Waals surface area contributed by atoms with Gasteiger partial charge in [0.25, 0.3) is 0 Å². The third-order valence-electron chi connectivity index (χ3n) is 1.52. The lowest BCUT2D eigenvalue weighted by Gasteiger charge is -1.93. The number of methoxy groups -OCH3 is 1. The highest BCUT2D eigenvalue weighted by atomic mass is 16.5. The highest BCUT2D eigenvalue weighted by molar-refractivity contribution is 5.19. The summed E-state index contributed by atoms with van der Waals surface area (Å²) < 4.78 is 4.88. The highest BCUT2D eigenvalue weighted by Crippen LogP contribution is 2.04. The van der Waals surface area contributed by atoms with E-state index in [2.05, 4.69) is 12.1 Å². The van der Waals surface area contributed by atoms with E-state index in [4.69, 9.17) is 4.74 Å². The average Bonchev–Trinajstić information content (AvgIpc) is 2.33. The Hall–Kier alpha value is -1.76. The van der Waals surface area contributed by atoms with Crippen molar-refractivity contribution in [1.29, 1.82) is 0 Å². The Morgan fingerprint density at radius 1 is 0.929 bits per heavy atom. The second-order valence-corrected chi connectivity index (χ2v) is 2.52. The Kier molecular flexibility index (Phi) is 4.96. The maximum atomic E-state index is 4.88. The van der Waals surface area contributed by atoms with E-state index in [1.54, 1.807) is 13.2 Å². The molecule has 70 valence electrons. The van der Waals surface area contributed by atoms with E-state index in [0.29, 0.717) is 0 Å². The maximum Gasteiger partial charge on any atom is 0.119 e. The summed E-state index contributed by atoms with van der Waals surface area (Å²) in [6.07, 6.45) is 0. The number of benzene rings is 2.